The minimum Gasteiger partial charge on any atom is -0.494 e. The maximum Gasteiger partial charge on any atom is 0.305 e. The van der Waals surface area contributed by atoms with E-state index in [-0.39, 0.29) is 22.9 Å². The van der Waals surface area contributed by atoms with Gasteiger partial charge in [0.25, 0.3) is 5.91 Å². The molecule has 1 aromatic heterocycles. The lowest BCUT2D eigenvalue weighted by molar-refractivity contribution is -0.137. The number of carboxylic acid groups (broad SMARTS) is 1. The second-order valence-corrected chi connectivity index (χ2v) is 7.11. The van der Waals surface area contributed by atoms with E-state index >= 15 is 0 Å². The fraction of sp³-hybridized carbons (Fsp3) is 0.227. The first kappa shape index (κ1) is 21.8. The van der Waals surface area contributed by atoms with Crippen molar-refractivity contribution in [1.82, 2.24) is 15.1 Å². The lowest BCUT2D eigenvalue weighted by Gasteiger charge is -2.17. The molecule has 8 nitrogen and oxygen atoms in total. The van der Waals surface area contributed by atoms with Crippen LogP contribution in [0, 0.1) is 19.7 Å². The fourth-order valence-corrected chi connectivity index (χ4v) is 3.17. The van der Waals surface area contributed by atoms with E-state index in [1.54, 1.807) is 0 Å². The molecule has 1 heterocycles. The molecule has 0 fully saturated rings. The molecule has 0 bridgehead atoms. The van der Waals surface area contributed by atoms with Crippen molar-refractivity contribution in [3.8, 4) is 17.3 Å². The zero-order valence-corrected chi connectivity index (χ0v) is 17.2. The number of nitrogens with one attached hydrogen (secondary N) is 1. The number of aryl methyl sites for hydroxylation is 2. The highest BCUT2D eigenvalue weighted by Gasteiger charge is 2.23. The Kier molecular flexibility index (Phi) is 6.24. The Morgan fingerprint density at radius 2 is 1.94 bits per heavy atom. The number of hydrogen-bond acceptors (Lipinski definition) is 5. The summed E-state index contributed by atoms with van der Waals surface area (Å²) in [6, 6.07) is 9.71. The summed E-state index contributed by atoms with van der Waals surface area (Å²) in [4.78, 5) is 24.0. The summed E-state index contributed by atoms with van der Waals surface area (Å²) in [5.74, 6) is -2.81. The molecule has 0 saturated carbocycles. The van der Waals surface area contributed by atoms with Crippen LogP contribution in [0.4, 0.5) is 4.39 Å². The van der Waals surface area contributed by atoms with Crippen LogP contribution in [0.2, 0.25) is 0 Å². The van der Waals surface area contributed by atoms with Crippen LogP contribution < -0.4 is 10.1 Å². The van der Waals surface area contributed by atoms with Crippen molar-refractivity contribution >= 4 is 11.9 Å². The highest BCUT2D eigenvalue weighted by molar-refractivity contribution is 5.93. The van der Waals surface area contributed by atoms with Crippen molar-refractivity contribution in [3.63, 3.8) is 0 Å². The van der Waals surface area contributed by atoms with Crippen molar-refractivity contribution in [2.75, 3.05) is 7.11 Å². The zero-order chi connectivity index (χ0) is 22.7. The van der Waals surface area contributed by atoms with Gasteiger partial charge < -0.3 is 20.3 Å². The van der Waals surface area contributed by atoms with Crippen LogP contribution in [-0.2, 0) is 4.79 Å². The van der Waals surface area contributed by atoms with E-state index < -0.39 is 30.2 Å². The number of carboxylic acids is 1. The van der Waals surface area contributed by atoms with Crippen LogP contribution >= 0.6 is 0 Å². The molecule has 3 rings (SSSR count). The summed E-state index contributed by atoms with van der Waals surface area (Å²) >= 11 is 0. The van der Waals surface area contributed by atoms with Gasteiger partial charge in [0.05, 0.1) is 25.3 Å². The third kappa shape index (κ3) is 4.82. The second kappa shape index (κ2) is 8.86. The number of ether oxygens (including phenoxy) is 1. The van der Waals surface area contributed by atoms with E-state index in [9.17, 15) is 24.2 Å². The fourth-order valence-electron chi connectivity index (χ4n) is 3.17. The number of carbonyl (C=O) groups excluding carboxylic acids is 1. The number of rotatable bonds is 7. The van der Waals surface area contributed by atoms with Crippen molar-refractivity contribution < 1.29 is 28.9 Å². The first-order chi connectivity index (χ1) is 14.7. The number of hydrogen-bond donors (Lipinski definition) is 3. The maximum atomic E-state index is 14.1. The van der Waals surface area contributed by atoms with Crippen LogP contribution in [-0.4, -0.2) is 39.0 Å². The average Bonchev–Trinajstić information content (AvgIpc) is 3.10. The van der Waals surface area contributed by atoms with Crippen molar-refractivity contribution in [2.45, 2.75) is 26.3 Å². The van der Waals surface area contributed by atoms with Crippen LogP contribution in [0.15, 0.2) is 42.5 Å². The summed E-state index contributed by atoms with van der Waals surface area (Å²) in [6.07, 6.45) is -0.471. The Hall–Kier alpha value is -3.88. The molecule has 0 saturated heterocycles. The third-order valence-corrected chi connectivity index (χ3v) is 4.78. The molecular formula is C22H22FN3O5. The number of carbonyl (C=O) groups is 2. The Morgan fingerprint density at radius 3 is 2.58 bits per heavy atom. The number of aliphatic carboxylic acids is 1. The van der Waals surface area contributed by atoms with Gasteiger partial charge in [-0.2, -0.15) is 5.10 Å². The first-order valence-corrected chi connectivity index (χ1v) is 9.42. The van der Waals surface area contributed by atoms with E-state index in [4.69, 9.17) is 4.74 Å². The standard InChI is InChI=1S/C22H22FN3O5/c1-12-4-5-13(2)18(8-12)26-20(27)10-17(25-26)22(30)24-16(11-21(28)29)14-6-7-19(31-3)15(23)9-14/h4-10,16,27H,11H2,1-3H3,(H,24,30)(H,28,29). The minimum absolute atomic E-state index is 0.00124. The molecule has 162 valence electrons. The SMILES string of the molecule is COc1ccc(C(CC(=O)O)NC(=O)c2cc(O)n(-c3cc(C)ccc3C)n2)cc1F. The zero-order valence-electron chi connectivity index (χ0n) is 17.2. The molecule has 0 aliphatic rings. The minimum atomic E-state index is -1.18. The van der Waals surface area contributed by atoms with E-state index in [1.165, 1.54) is 30.0 Å². The number of amides is 1. The first-order valence-electron chi connectivity index (χ1n) is 9.42. The summed E-state index contributed by atoms with van der Waals surface area (Å²) in [5, 5.41) is 26.2. The molecule has 1 amide bonds. The summed E-state index contributed by atoms with van der Waals surface area (Å²) < 4.78 is 20.2. The maximum absolute atomic E-state index is 14.1. The predicted molar refractivity (Wildman–Crippen MR) is 110 cm³/mol. The molecule has 0 aliphatic heterocycles. The van der Waals surface area contributed by atoms with Gasteiger partial charge in [-0.05, 0) is 48.7 Å². The molecule has 1 unspecified atom stereocenters. The second-order valence-electron chi connectivity index (χ2n) is 7.11. The monoisotopic (exact) mass is 427 g/mol. The van der Waals surface area contributed by atoms with Crippen LogP contribution in [0.5, 0.6) is 11.6 Å². The number of benzene rings is 2. The Morgan fingerprint density at radius 1 is 1.19 bits per heavy atom. The van der Waals surface area contributed by atoms with Gasteiger partial charge in [0, 0.05) is 6.07 Å². The number of aromatic nitrogens is 2. The normalized spacial score (nSPS) is 11.7. The summed E-state index contributed by atoms with van der Waals surface area (Å²) in [7, 11) is 1.31. The predicted octanol–water partition coefficient (Wildman–Crippen LogP) is 3.29. The smallest absolute Gasteiger partial charge is 0.305 e. The molecule has 1 atom stereocenters. The van der Waals surface area contributed by atoms with Crippen molar-refractivity contribution in [1.29, 1.82) is 0 Å². The lowest BCUT2D eigenvalue weighted by Crippen LogP contribution is -2.30. The van der Waals surface area contributed by atoms with E-state index in [0.29, 0.717) is 5.69 Å². The largest absolute Gasteiger partial charge is 0.494 e. The van der Waals surface area contributed by atoms with E-state index in [0.717, 1.165) is 17.2 Å². The van der Waals surface area contributed by atoms with Gasteiger partial charge in [0.2, 0.25) is 5.88 Å². The molecule has 2 aromatic carbocycles. The number of methoxy groups -OCH3 is 1. The van der Waals surface area contributed by atoms with Crippen molar-refractivity contribution in [2.24, 2.45) is 0 Å². The topological polar surface area (TPSA) is 114 Å². The Bertz CT molecular complexity index is 1140. The molecule has 31 heavy (non-hydrogen) atoms. The van der Waals surface area contributed by atoms with Crippen LogP contribution in [0.3, 0.4) is 0 Å². The van der Waals surface area contributed by atoms with Gasteiger partial charge in [-0.15, -0.1) is 0 Å². The third-order valence-electron chi connectivity index (χ3n) is 4.78. The lowest BCUT2D eigenvalue weighted by atomic mass is 10.0. The quantitative estimate of drug-likeness (QED) is 0.533. The number of aromatic hydroxyl groups is 1. The van der Waals surface area contributed by atoms with Gasteiger partial charge in [0.15, 0.2) is 17.3 Å². The van der Waals surface area contributed by atoms with Crippen LogP contribution in [0.1, 0.15) is 39.6 Å². The van der Waals surface area contributed by atoms with Gasteiger partial charge in [-0.1, -0.05) is 18.2 Å². The number of halogens is 1. The molecule has 0 aliphatic carbocycles. The molecule has 3 N–H and O–H groups in total. The Labute approximate surface area is 177 Å². The van der Waals surface area contributed by atoms with Gasteiger partial charge in [-0.3, -0.25) is 9.59 Å². The van der Waals surface area contributed by atoms with Gasteiger partial charge in [0.1, 0.15) is 0 Å². The van der Waals surface area contributed by atoms with E-state index in [2.05, 4.69) is 10.4 Å². The molecule has 9 heteroatoms. The average molecular weight is 427 g/mol. The highest BCUT2D eigenvalue weighted by Crippen LogP contribution is 2.25. The highest BCUT2D eigenvalue weighted by atomic mass is 19.1. The van der Waals surface area contributed by atoms with Crippen molar-refractivity contribution in [3.05, 3.63) is 70.7 Å². The van der Waals surface area contributed by atoms with Gasteiger partial charge in [-0.25, -0.2) is 9.07 Å². The summed E-state index contributed by atoms with van der Waals surface area (Å²) in [5.41, 5.74) is 2.55. The Balaban J connectivity index is 1.90. The number of nitrogens with zero attached hydrogens (tertiary/aromatic N) is 2. The molecule has 0 spiro atoms. The van der Waals surface area contributed by atoms with E-state index in [1.807, 2.05) is 32.0 Å². The molecule has 3 aromatic rings. The van der Waals surface area contributed by atoms with Crippen LogP contribution in [0.25, 0.3) is 5.69 Å². The summed E-state index contributed by atoms with van der Waals surface area (Å²) in [6.45, 7) is 3.73. The molecule has 0 radical (unpaired) electrons. The van der Waals surface area contributed by atoms with Gasteiger partial charge >= 0.3 is 5.97 Å². The molecular weight excluding hydrogens is 405 g/mol.